The van der Waals surface area contributed by atoms with Gasteiger partial charge in [0.05, 0.1) is 5.56 Å². The van der Waals surface area contributed by atoms with E-state index in [1.165, 1.54) is 23.2 Å². The van der Waals surface area contributed by atoms with Gasteiger partial charge >= 0.3 is 0 Å². The predicted molar refractivity (Wildman–Crippen MR) is 107 cm³/mol. The highest BCUT2D eigenvalue weighted by molar-refractivity contribution is 5.99. The number of ether oxygens (including phenoxy) is 1. The number of hydrogen-bond donors (Lipinski definition) is 3. The zero-order chi connectivity index (χ0) is 20.3. The van der Waals surface area contributed by atoms with Gasteiger partial charge in [-0.05, 0) is 29.3 Å². The number of hydrogen-bond acceptors (Lipinski definition) is 5. The molecule has 0 aromatic heterocycles. The van der Waals surface area contributed by atoms with Crippen LogP contribution in [0.15, 0.2) is 54.6 Å². The molecule has 2 aromatic carbocycles. The Labute approximate surface area is 168 Å². The second-order valence-corrected chi connectivity index (χ2v) is 7.38. The molecule has 0 unspecified atom stereocenters. The average molecular weight is 393 g/mol. The first-order chi connectivity index (χ1) is 14.1. The fourth-order valence-corrected chi connectivity index (χ4v) is 3.78. The molecule has 0 aliphatic carbocycles. The van der Waals surface area contributed by atoms with Gasteiger partial charge in [-0.2, -0.15) is 0 Å². The van der Waals surface area contributed by atoms with Crippen LogP contribution in [0.2, 0.25) is 0 Å². The van der Waals surface area contributed by atoms with Crippen LogP contribution in [0.25, 0.3) is 6.08 Å². The third-order valence-corrected chi connectivity index (χ3v) is 5.35. The summed E-state index contributed by atoms with van der Waals surface area (Å²) in [6.07, 6.45) is 4.13. The summed E-state index contributed by atoms with van der Waals surface area (Å²) < 4.78 is 6.23. The molecule has 0 bridgehead atoms. The van der Waals surface area contributed by atoms with E-state index in [1.807, 2.05) is 18.2 Å². The molecule has 2 aromatic rings. The predicted octanol–water partition coefficient (Wildman–Crippen LogP) is 2.32. The van der Waals surface area contributed by atoms with Crippen LogP contribution in [-0.2, 0) is 11.3 Å². The molecule has 1 saturated heterocycles. The number of hydroxylamine groups is 1. The van der Waals surface area contributed by atoms with Gasteiger partial charge in [0.2, 0.25) is 0 Å². The van der Waals surface area contributed by atoms with Gasteiger partial charge in [0.25, 0.3) is 11.8 Å². The Morgan fingerprint density at radius 3 is 2.69 bits per heavy atom. The molecule has 0 radical (unpaired) electrons. The molecule has 2 heterocycles. The standard InChI is InChI=1S/C22H23N3O4/c26-20(24-28)9-7-16-6-8-19-18(14-16)21(27)23-22(29-19)10-12-25(13-11-22)15-17-4-2-1-3-5-17/h1-9,14,28H,10-13,15H2,(H,23,27)(H,24,26)/b9-7+. The molecule has 2 aliphatic rings. The molecule has 4 rings (SSSR count). The summed E-state index contributed by atoms with van der Waals surface area (Å²) in [6.45, 7) is 2.56. The minimum atomic E-state index is -0.675. The van der Waals surface area contributed by atoms with Gasteiger partial charge in [0, 0.05) is 38.6 Å². The smallest absolute Gasteiger partial charge is 0.267 e. The van der Waals surface area contributed by atoms with Gasteiger partial charge < -0.3 is 10.1 Å². The maximum absolute atomic E-state index is 12.7. The monoisotopic (exact) mass is 393 g/mol. The summed E-state index contributed by atoms with van der Waals surface area (Å²) in [5.41, 5.74) is 3.24. The fourth-order valence-electron chi connectivity index (χ4n) is 3.78. The number of rotatable bonds is 4. The molecule has 29 heavy (non-hydrogen) atoms. The van der Waals surface area contributed by atoms with Crippen LogP contribution in [0.5, 0.6) is 5.75 Å². The number of nitrogens with one attached hydrogen (secondary N) is 2. The van der Waals surface area contributed by atoms with E-state index in [-0.39, 0.29) is 5.91 Å². The van der Waals surface area contributed by atoms with Crippen molar-refractivity contribution in [3.63, 3.8) is 0 Å². The van der Waals surface area contributed by atoms with Gasteiger partial charge in [-0.15, -0.1) is 0 Å². The highest BCUT2D eigenvalue weighted by Gasteiger charge is 2.42. The van der Waals surface area contributed by atoms with Crippen molar-refractivity contribution in [3.05, 3.63) is 71.3 Å². The van der Waals surface area contributed by atoms with Gasteiger partial charge in [-0.3, -0.25) is 19.7 Å². The average Bonchev–Trinajstić information content (AvgIpc) is 2.75. The first-order valence-electron chi connectivity index (χ1n) is 9.61. The van der Waals surface area contributed by atoms with Crippen molar-refractivity contribution in [1.82, 2.24) is 15.7 Å². The second-order valence-electron chi connectivity index (χ2n) is 7.38. The number of fused-ring (bicyclic) bond motifs is 1. The van der Waals surface area contributed by atoms with Gasteiger partial charge in [0.1, 0.15) is 5.75 Å². The van der Waals surface area contributed by atoms with Crippen LogP contribution in [0.1, 0.15) is 34.3 Å². The van der Waals surface area contributed by atoms with Crippen LogP contribution in [0, 0.1) is 0 Å². The van der Waals surface area contributed by atoms with E-state index in [2.05, 4.69) is 22.3 Å². The van der Waals surface area contributed by atoms with E-state index in [4.69, 9.17) is 9.94 Å². The van der Waals surface area contributed by atoms with Gasteiger partial charge in [0.15, 0.2) is 5.72 Å². The lowest BCUT2D eigenvalue weighted by Gasteiger charge is -2.44. The Balaban J connectivity index is 1.43. The Kier molecular flexibility index (Phi) is 5.33. The molecule has 1 spiro atoms. The van der Waals surface area contributed by atoms with Crippen molar-refractivity contribution in [2.75, 3.05) is 13.1 Å². The maximum atomic E-state index is 12.7. The third-order valence-electron chi connectivity index (χ3n) is 5.35. The number of benzene rings is 2. The van der Waals surface area contributed by atoms with Crippen molar-refractivity contribution in [2.24, 2.45) is 0 Å². The van der Waals surface area contributed by atoms with E-state index in [9.17, 15) is 9.59 Å². The number of piperidine rings is 1. The molecular formula is C22H23N3O4. The van der Waals surface area contributed by atoms with Crippen molar-refractivity contribution in [2.45, 2.75) is 25.1 Å². The summed E-state index contributed by atoms with van der Waals surface area (Å²) in [5.74, 6) is -0.261. The molecule has 2 amide bonds. The number of carbonyl (C=O) groups excluding carboxylic acids is 2. The van der Waals surface area contributed by atoms with Crippen molar-refractivity contribution >= 4 is 17.9 Å². The Morgan fingerprint density at radius 1 is 1.21 bits per heavy atom. The Hall–Kier alpha value is -3.16. The summed E-state index contributed by atoms with van der Waals surface area (Å²) in [5, 5.41) is 11.6. The molecule has 150 valence electrons. The summed E-state index contributed by atoms with van der Waals surface area (Å²) in [6, 6.07) is 15.5. The summed E-state index contributed by atoms with van der Waals surface area (Å²) in [7, 11) is 0. The molecule has 0 saturated carbocycles. The molecule has 0 atom stereocenters. The lowest BCUT2D eigenvalue weighted by Crippen LogP contribution is -2.60. The van der Waals surface area contributed by atoms with E-state index >= 15 is 0 Å². The van der Waals surface area contributed by atoms with Crippen LogP contribution in [0.3, 0.4) is 0 Å². The Morgan fingerprint density at radius 2 is 1.97 bits per heavy atom. The second kappa shape index (κ2) is 8.06. The van der Waals surface area contributed by atoms with E-state index < -0.39 is 11.6 Å². The quantitative estimate of drug-likeness (QED) is 0.421. The molecule has 7 heteroatoms. The molecule has 2 aliphatic heterocycles. The largest absolute Gasteiger partial charge is 0.467 e. The summed E-state index contributed by atoms with van der Waals surface area (Å²) >= 11 is 0. The van der Waals surface area contributed by atoms with Crippen molar-refractivity contribution in [3.8, 4) is 5.75 Å². The molecular weight excluding hydrogens is 370 g/mol. The zero-order valence-electron chi connectivity index (χ0n) is 15.9. The fraction of sp³-hybridized carbons (Fsp3) is 0.273. The number of amides is 2. The van der Waals surface area contributed by atoms with Gasteiger partial charge in [-0.25, -0.2) is 5.48 Å². The van der Waals surface area contributed by atoms with Crippen LogP contribution in [0.4, 0.5) is 0 Å². The highest BCUT2D eigenvalue weighted by atomic mass is 16.5. The maximum Gasteiger partial charge on any atom is 0.267 e. The molecule has 7 nitrogen and oxygen atoms in total. The first kappa shape index (κ1) is 19.2. The lowest BCUT2D eigenvalue weighted by molar-refractivity contribution is -0.124. The normalized spacial score (nSPS) is 18.2. The topological polar surface area (TPSA) is 90.9 Å². The van der Waals surface area contributed by atoms with Crippen LogP contribution >= 0.6 is 0 Å². The SMILES string of the molecule is O=C(/C=C/c1ccc2c(c1)C(=O)NC1(CCN(Cc3ccccc3)CC1)O2)NO. The minimum absolute atomic E-state index is 0.176. The minimum Gasteiger partial charge on any atom is -0.467 e. The molecule has 3 N–H and O–H groups in total. The number of likely N-dealkylation sites (tertiary alicyclic amines) is 1. The van der Waals surface area contributed by atoms with Crippen molar-refractivity contribution in [1.29, 1.82) is 0 Å². The lowest BCUT2D eigenvalue weighted by atomic mass is 9.96. The van der Waals surface area contributed by atoms with E-state index in [0.717, 1.165) is 19.6 Å². The number of carbonyl (C=O) groups is 2. The van der Waals surface area contributed by atoms with Gasteiger partial charge in [-0.1, -0.05) is 36.4 Å². The van der Waals surface area contributed by atoms with E-state index in [0.29, 0.717) is 29.7 Å². The summed E-state index contributed by atoms with van der Waals surface area (Å²) in [4.78, 5) is 26.2. The highest BCUT2D eigenvalue weighted by Crippen LogP contribution is 2.34. The van der Waals surface area contributed by atoms with Crippen molar-refractivity contribution < 1.29 is 19.5 Å². The van der Waals surface area contributed by atoms with E-state index in [1.54, 1.807) is 18.2 Å². The Bertz CT molecular complexity index is 934. The van der Waals surface area contributed by atoms with Crippen LogP contribution in [-0.4, -0.2) is 40.7 Å². The molecule has 1 fully saturated rings. The number of nitrogens with zero attached hydrogens (tertiary/aromatic N) is 1. The third kappa shape index (κ3) is 4.31. The zero-order valence-corrected chi connectivity index (χ0v) is 15.9. The first-order valence-corrected chi connectivity index (χ1v) is 9.61. The van der Waals surface area contributed by atoms with Crippen LogP contribution < -0.4 is 15.5 Å².